The molecule has 12 heteroatoms. The molecule has 4 nitrogen and oxygen atoms in total. The Hall–Kier alpha value is -0.0900. The van der Waals surface area contributed by atoms with E-state index in [4.69, 9.17) is 0 Å². The summed E-state index contributed by atoms with van der Waals surface area (Å²) in [5.74, 6) is -4.29. The molecule has 0 bridgehead atoms. The van der Waals surface area contributed by atoms with Crippen molar-refractivity contribution in [1.82, 2.24) is 13.3 Å². The maximum atomic E-state index is 13.0. The average molecular weight is 287 g/mol. The van der Waals surface area contributed by atoms with Crippen LogP contribution < -0.4 is 4.84 Å². The van der Waals surface area contributed by atoms with Crippen LogP contribution in [0.1, 0.15) is 0 Å². The number of hydrogen-bond donors (Lipinski definition) is 1. The molecule has 3 unspecified atom stereocenters. The fourth-order valence-electron chi connectivity index (χ4n) is 0.521. The van der Waals surface area contributed by atoms with E-state index in [0.717, 1.165) is 0 Å². The van der Waals surface area contributed by atoms with Gasteiger partial charge in [0.15, 0.2) is 6.67 Å². The van der Waals surface area contributed by atoms with Crippen LogP contribution in [0.3, 0.4) is 0 Å². The van der Waals surface area contributed by atoms with Crippen molar-refractivity contribution in [3.63, 3.8) is 0 Å². The molecule has 0 radical (unpaired) electrons. The van der Waals surface area contributed by atoms with Crippen LogP contribution in [0, 0.1) is 0 Å². The Morgan fingerprint density at radius 3 is 2.47 bits per heavy atom. The molecule has 0 amide bonds. The molecule has 1 heterocycles. The Bertz CT molecular complexity index is 324. The number of nitrogens with zero attached hydrogens (tertiary/aromatic N) is 2. The minimum atomic E-state index is -5.41. The molecule has 0 spiro atoms. The fraction of sp³-hybridized carbons (Fsp3) is 1.00. The minimum Gasteiger partial charge on any atom is -0.300 e. The van der Waals surface area contributed by atoms with Gasteiger partial charge >= 0.3 is 12.0 Å². The second kappa shape index (κ2) is 4.83. The van der Waals surface area contributed by atoms with E-state index >= 15 is 0 Å². The predicted molar refractivity (Wildman–Crippen MR) is 48.2 cm³/mol. The zero-order chi connectivity index (χ0) is 11.5. The van der Waals surface area contributed by atoms with Crippen molar-refractivity contribution in [1.29, 1.82) is 0 Å². The molecule has 0 aliphatic heterocycles. The molecule has 1 N–H and O–H groups in total. The van der Waals surface area contributed by atoms with Gasteiger partial charge in [0.05, 0.1) is 8.51 Å². The van der Waals surface area contributed by atoms with Gasteiger partial charge in [0, 0.05) is 8.51 Å². The van der Waals surface area contributed by atoms with Gasteiger partial charge in [-0.1, -0.05) is 0 Å². The van der Waals surface area contributed by atoms with Gasteiger partial charge < -0.3 is 0 Å². The molecule has 88 valence electrons. The fourth-order valence-corrected chi connectivity index (χ4v) is 3.64. The molecule has 1 aromatic heterocycles. The Morgan fingerprint density at radius 1 is 1.40 bits per heavy atom. The van der Waals surface area contributed by atoms with Crippen molar-refractivity contribution in [3.05, 3.63) is 0 Å². The number of aromatic nitrogens is 3. The lowest BCUT2D eigenvalue weighted by atomic mass is 10.3. The monoisotopic (exact) mass is 287 g/mol. The summed E-state index contributed by atoms with van der Waals surface area (Å²) in [6, 6.07) is 0. The zero-order valence-electron chi connectivity index (χ0n) is 6.85. The lowest BCUT2D eigenvalue weighted by Crippen LogP contribution is -2.50. The van der Waals surface area contributed by atoms with Crippen LogP contribution in [-0.4, -0.2) is 32.0 Å². The molecule has 0 fully saturated rings. The summed E-state index contributed by atoms with van der Waals surface area (Å²) in [5, 5.41) is 0. The van der Waals surface area contributed by atoms with E-state index in [-0.39, 0.29) is 0 Å². The van der Waals surface area contributed by atoms with Gasteiger partial charge in [0.2, 0.25) is 0 Å². The van der Waals surface area contributed by atoms with Crippen molar-refractivity contribution in [3.8, 4) is 0 Å². The largest absolute Gasteiger partial charge is 0.453 e. The van der Waals surface area contributed by atoms with Gasteiger partial charge in [-0.3, -0.25) is 4.51 Å². The highest BCUT2D eigenvalue weighted by molar-refractivity contribution is 7.44. The van der Waals surface area contributed by atoms with Crippen LogP contribution in [0.5, 0.6) is 0 Å². The van der Waals surface area contributed by atoms with E-state index in [9.17, 15) is 22.0 Å². The van der Waals surface area contributed by atoms with Crippen molar-refractivity contribution in [2.24, 2.45) is 0 Å². The Balaban J connectivity index is 2.87. The predicted octanol–water partition coefficient (Wildman–Crippen LogP) is 2.60. The second-order valence-corrected chi connectivity index (χ2v) is 5.85. The van der Waals surface area contributed by atoms with Gasteiger partial charge in [-0.15, -0.1) is 0 Å². The maximum Gasteiger partial charge on any atom is 0.453 e. The topological polar surface area (TPSA) is 42.8 Å². The molecule has 1 rings (SSSR count). The average Bonchev–Trinajstić information content (AvgIpc) is 2.17. The third-order valence-electron chi connectivity index (χ3n) is 1.22. The Morgan fingerprint density at radius 2 is 2.07 bits per heavy atom. The van der Waals surface area contributed by atoms with E-state index in [0.29, 0.717) is 12.8 Å². The van der Waals surface area contributed by atoms with Crippen molar-refractivity contribution < 1.29 is 26.8 Å². The van der Waals surface area contributed by atoms with Gasteiger partial charge in [-0.2, -0.15) is 26.3 Å². The number of H-pyrrole nitrogens is 1. The molecule has 0 saturated heterocycles. The first kappa shape index (κ1) is 13.0. The summed E-state index contributed by atoms with van der Waals surface area (Å²) in [6.45, 7) is -2.29. The molecule has 3 atom stereocenters. The Labute approximate surface area is 85.1 Å². The highest BCUT2D eigenvalue weighted by Gasteiger charge is 2.59. The SMILES string of the molecule is FCC(F)(On1[pH]np[nH][pH]1)C(F)(F)F. The summed E-state index contributed by atoms with van der Waals surface area (Å²) < 4.78 is 67.9. The number of halogens is 5. The highest BCUT2D eigenvalue weighted by Crippen LogP contribution is 2.34. The number of nitrogens with one attached hydrogen (secondary N) is 1. The van der Waals surface area contributed by atoms with Crippen LogP contribution in [0.25, 0.3) is 0 Å². The molecular formula is C3H5F5N3OP3. The van der Waals surface area contributed by atoms with E-state index in [1.807, 2.05) is 0 Å². The van der Waals surface area contributed by atoms with Gasteiger partial charge in [-0.05, 0) is 0 Å². The molecule has 15 heavy (non-hydrogen) atoms. The van der Waals surface area contributed by atoms with Crippen LogP contribution in [0.4, 0.5) is 22.0 Å². The molecule has 0 saturated carbocycles. The summed E-state index contributed by atoms with van der Waals surface area (Å²) in [4.78, 5) is 3.92. The van der Waals surface area contributed by atoms with Crippen LogP contribution >= 0.6 is 25.5 Å². The van der Waals surface area contributed by atoms with Gasteiger partial charge in [-0.25, -0.2) is 9.23 Å². The molecule has 1 aromatic rings. The Kier molecular flexibility index (Phi) is 4.18. The number of rotatable bonds is 3. The zero-order valence-corrected chi connectivity index (χ0v) is 9.74. The number of aromatic amines is 1. The molecule has 0 aliphatic rings. The van der Waals surface area contributed by atoms with Crippen molar-refractivity contribution in [2.75, 3.05) is 6.67 Å². The first-order chi connectivity index (χ1) is 6.89. The minimum absolute atomic E-state index is 0.391. The molecular weight excluding hydrogens is 282 g/mol. The van der Waals surface area contributed by atoms with E-state index in [2.05, 4.69) is 13.9 Å². The van der Waals surface area contributed by atoms with Crippen LogP contribution in [-0.2, 0) is 0 Å². The quantitative estimate of drug-likeness (QED) is 0.868. The maximum absolute atomic E-state index is 13.0. The van der Waals surface area contributed by atoms with E-state index < -0.39 is 35.7 Å². The summed E-state index contributed by atoms with van der Waals surface area (Å²) in [7, 11) is -0.394. The van der Waals surface area contributed by atoms with E-state index in [1.54, 1.807) is 0 Å². The number of hydrogen-bond acceptors (Lipinski definition) is 2. The highest BCUT2D eigenvalue weighted by atomic mass is 31.1. The van der Waals surface area contributed by atoms with Gasteiger partial charge in [0.25, 0.3) is 0 Å². The van der Waals surface area contributed by atoms with Crippen molar-refractivity contribution in [2.45, 2.75) is 12.0 Å². The van der Waals surface area contributed by atoms with Crippen LogP contribution in [0.2, 0.25) is 0 Å². The third-order valence-corrected chi connectivity index (χ3v) is 3.98. The smallest absolute Gasteiger partial charge is 0.300 e. The lowest BCUT2D eigenvalue weighted by Gasteiger charge is -2.24. The first-order valence-electron chi connectivity index (χ1n) is 3.36. The third kappa shape index (κ3) is 3.18. The van der Waals surface area contributed by atoms with Gasteiger partial charge in [0.1, 0.15) is 8.51 Å². The number of alkyl halides is 5. The normalized spacial score (nSPS) is 17.7. The summed E-state index contributed by atoms with van der Waals surface area (Å²) >= 11 is 0. The van der Waals surface area contributed by atoms with E-state index in [1.165, 1.54) is 0 Å². The summed E-state index contributed by atoms with van der Waals surface area (Å²) in [6.07, 6.45) is -5.41. The molecule has 0 aliphatic carbocycles. The first-order valence-corrected chi connectivity index (χ1v) is 6.05. The van der Waals surface area contributed by atoms with Crippen molar-refractivity contribution >= 4 is 25.5 Å². The second-order valence-electron chi connectivity index (χ2n) is 2.27. The summed E-state index contributed by atoms with van der Waals surface area (Å²) in [5.41, 5.74) is 0. The lowest BCUT2D eigenvalue weighted by molar-refractivity contribution is -0.329. The standard InChI is InChI=1S/C3H5F5N3OP3/c4-1-2(5,3(6,7)8)12-11-14-9-13-10-15-11/h14-15H,1H2,(H,9,10). The van der Waals surface area contributed by atoms with Crippen LogP contribution in [0.15, 0.2) is 0 Å². The molecule has 0 aromatic carbocycles.